The number of sulfonamides is 1. The Bertz CT molecular complexity index is 699. The Morgan fingerprint density at radius 2 is 1.76 bits per heavy atom. The van der Waals surface area contributed by atoms with E-state index in [2.05, 4.69) is 4.72 Å². The van der Waals surface area contributed by atoms with Crippen molar-refractivity contribution in [3.8, 4) is 5.75 Å². The van der Waals surface area contributed by atoms with Crippen LogP contribution >= 0.6 is 0 Å². The summed E-state index contributed by atoms with van der Waals surface area (Å²) in [6.45, 7) is 2.47. The number of nitrogens with one attached hydrogen (secondary N) is 1. The molecule has 2 rings (SSSR count). The lowest BCUT2D eigenvalue weighted by atomic mass is 10.2. The van der Waals surface area contributed by atoms with E-state index in [1.54, 1.807) is 12.1 Å². The lowest BCUT2D eigenvalue weighted by Gasteiger charge is -2.11. The van der Waals surface area contributed by atoms with Crippen molar-refractivity contribution in [2.45, 2.75) is 18.4 Å². The molecule has 0 aliphatic carbocycles. The fraction of sp³-hybridized carbons (Fsp3) is 0.200. The van der Waals surface area contributed by atoms with Crippen LogP contribution in [0.3, 0.4) is 0 Å². The second-order valence-corrected chi connectivity index (χ2v) is 6.09. The van der Waals surface area contributed by atoms with Gasteiger partial charge in [0.15, 0.2) is 0 Å². The molecule has 0 heterocycles. The molecule has 0 saturated heterocycles. The summed E-state index contributed by atoms with van der Waals surface area (Å²) in [6, 6.07) is 11.9. The third-order valence-electron chi connectivity index (χ3n) is 2.85. The van der Waals surface area contributed by atoms with E-state index in [1.165, 1.54) is 12.1 Å². The lowest BCUT2D eigenvalue weighted by molar-refractivity contribution is 0.336. The highest BCUT2D eigenvalue weighted by Crippen LogP contribution is 2.18. The first-order chi connectivity index (χ1) is 10.0. The average Bonchev–Trinajstić information content (AvgIpc) is 2.47. The van der Waals surface area contributed by atoms with Crippen molar-refractivity contribution in [2.24, 2.45) is 0 Å². The van der Waals surface area contributed by atoms with Crippen LogP contribution in [0.15, 0.2) is 53.4 Å². The first-order valence-corrected chi connectivity index (χ1v) is 7.97. The van der Waals surface area contributed by atoms with Gasteiger partial charge in [-0.25, -0.2) is 17.5 Å². The van der Waals surface area contributed by atoms with Crippen LogP contribution in [-0.2, 0) is 16.6 Å². The van der Waals surface area contributed by atoms with E-state index in [9.17, 15) is 12.8 Å². The minimum Gasteiger partial charge on any atom is -0.494 e. The minimum atomic E-state index is -3.68. The first kappa shape index (κ1) is 15.5. The maximum absolute atomic E-state index is 12.8. The maximum atomic E-state index is 12.8. The van der Waals surface area contributed by atoms with Gasteiger partial charge in [0.05, 0.1) is 11.5 Å². The maximum Gasteiger partial charge on any atom is 0.240 e. The van der Waals surface area contributed by atoms with Gasteiger partial charge >= 0.3 is 0 Å². The van der Waals surface area contributed by atoms with E-state index in [0.29, 0.717) is 12.4 Å². The lowest BCUT2D eigenvalue weighted by Crippen LogP contribution is -2.23. The molecule has 0 bridgehead atoms. The van der Waals surface area contributed by atoms with E-state index >= 15 is 0 Å². The van der Waals surface area contributed by atoms with Crippen molar-refractivity contribution in [3.05, 3.63) is 59.9 Å². The van der Waals surface area contributed by atoms with Crippen LogP contribution in [0.5, 0.6) is 5.75 Å². The van der Waals surface area contributed by atoms with E-state index in [0.717, 1.165) is 17.7 Å². The molecule has 6 heteroatoms. The molecule has 0 saturated carbocycles. The molecule has 4 nitrogen and oxygen atoms in total. The molecule has 21 heavy (non-hydrogen) atoms. The van der Waals surface area contributed by atoms with E-state index in [-0.39, 0.29) is 11.4 Å². The fourth-order valence-electron chi connectivity index (χ4n) is 1.82. The van der Waals surface area contributed by atoms with E-state index < -0.39 is 15.8 Å². The minimum absolute atomic E-state index is 0.0257. The van der Waals surface area contributed by atoms with Crippen molar-refractivity contribution < 1.29 is 17.5 Å². The van der Waals surface area contributed by atoms with Crippen LogP contribution in [0.2, 0.25) is 0 Å². The second-order valence-electron chi connectivity index (χ2n) is 4.32. The van der Waals surface area contributed by atoms with Crippen LogP contribution in [0.4, 0.5) is 4.39 Å². The number of benzene rings is 2. The summed E-state index contributed by atoms with van der Waals surface area (Å²) in [6.07, 6.45) is 0. The standard InChI is InChI=1S/C15H16FNO3S/c1-2-20-15-6-4-3-5-12(15)11-17-21(18,19)14-9-7-13(16)8-10-14/h3-10,17H,2,11H2,1H3. The summed E-state index contributed by atoms with van der Waals surface area (Å²) in [5, 5.41) is 0. The summed E-state index contributed by atoms with van der Waals surface area (Å²) >= 11 is 0. The Kier molecular flexibility index (Phi) is 4.93. The number of halogens is 1. The van der Waals surface area contributed by atoms with Crippen molar-refractivity contribution in [3.63, 3.8) is 0 Å². The van der Waals surface area contributed by atoms with Gasteiger partial charge in [-0.05, 0) is 37.3 Å². The van der Waals surface area contributed by atoms with Gasteiger partial charge in [-0.1, -0.05) is 18.2 Å². The summed E-state index contributed by atoms with van der Waals surface area (Å²) in [5.74, 6) is 0.164. The number of rotatable bonds is 6. The largest absolute Gasteiger partial charge is 0.494 e. The zero-order valence-electron chi connectivity index (χ0n) is 11.5. The zero-order valence-corrected chi connectivity index (χ0v) is 12.4. The van der Waals surface area contributed by atoms with Crippen molar-refractivity contribution in [1.82, 2.24) is 4.72 Å². The summed E-state index contributed by atoms with van der Waals surface area (Å²) < 4.78 is 45.0. The number of hydrogen-bond acceptors (Lipinski definition) is 3. The van der Waals surface area contributed by atoms with Crippen molar-refractivity contribution in [2.75, 3.05) is 6.61 Å². The molecular weight excluding hydrogens is 293 g/mol. The van der Waals surface area contributed by atoms with Crippen LogP contribution in [0.1, 0.15) is 12.5 Å². The molecule has 112 valence electrons. The van der Waals surface area contributed by atoms with Crippen LogP contribution in [0, 0.1) is 5.82 Å². The van der Waals surface area contributed by atoms with Gasteiger partial charge in [0, 0.05) is 12.1 Å². The molecule has 2 aromatic rings. The summed E-state index contributed by atoms with van der Waals surface area (Å²) in [5.41, 5.74) is 0.741. The third-order valence-corrected chi connectivity index (χ3v) is 4.27. The predicted octanol–water partition coefficient (Wildman–Crippen LogP) is 2.70. The molecule has 0 aliphatic rings. The molecule has 0 radical (unpaired) electrons. The van der Waals surface area contributed by atoms with Crippen LogP contribution < -0.4 is 9.46 Å². The predicted molar refractivity (Wildman–Crippen MR) is 78.0 cm³/mol. The Morgan fingerprint density at radius 1 is 1.10 bits per heavy atom. The molecule has 0 aliphatic heterocycles. The highest BCUT2D eigenvalue weighted by atomic mass is 32.2. The molecule has 0 atom stereocenters. The normalized spacial score (nSPS) is 11.3. The molecule has 1 N–H and O–H groups in total. The molecular formula is C15H16FNO3S. The van der Waals surface area contributed by atoms with Gasteiger partial charge in [-0.2, -0.15) is 0 Å². The quantitative estimate of drug-likeness (QED) is 0.892. The van der Waals surface area contributed by atoms with Crippen LogP contribution in [-0.4, -0.2) is 15.0 Å². The van der Waals surface area contributed by atoms with E-state index in [4.69, 9.17) is 4.74 Å². The number of para-hydroxylation sites is 1. The molecule has 0 aromatic heterocycles. The van der Waals surface area contributed by atoms with E-state index in [1.807, 2.05) is 19.1 Å². The Labute approximate surface area is 123 Å². The van der Waals surface area contributed by atoms with Crippen molar-refractivity contribution >= 4 is 10.0 Å². The number of hydrogen-bond donors (Lipinski definition) is 1. The summed E-state index contributed by atoms with van der Waals surface area (Å²) in [4.78, 5) is 0.0257. The van der Waals surface area contributed by atoms with Gasteiger partial charge in [-0.15, -0.1) is 0 Å². The summed E-state index contributed by atoms with van der Waals surface area (Å²) in [7, 11) is -3.68. The van der Waals surface area contributed by atoms with Gasteiger partial charge in [0.1, 0.15) is 11.6 Å². The molecule has 2 aromatic carbocycles. The molecule has 0 unspecified atom stereocenters. The van der Waals surface area contributed by atoms with Gasteiger partial charge < -0.3 is 4.74 Å². The van der Waals surface area contributed by atoms with Gasteiger partial charge in [0.2, 0.25) is 10.0 Å². The Hall–Kier alpha value is -1.92. The highest BCUT2D eigenvalue weighted by Gasteiger charge is 2.14. The van der Waals surface area contributed by atoms with Crippen LogP contribution in [0.25, 0.3) is 0 Å². The Balaban J connectivity index is 2.13. The zero-order chi connectivity index (χ0) is 15.3. The van der Waals surface area contributed by atoms with Gasteiger partial charge in [-0.3, -0.25) is 0 Å². The molecule has 0 spiro atoms. The monoisotopic (exact) mass is 309 g/mol. The fourth-order valence-corrected chi connectivity index (χ4v) is 2.82. The number of ether oxygens (including phenoxy) is 1. The molecule has 0 amide bonds. The highest BCUT2D eigenvalue weighted by molar-refractivity contribution is 7.89. The smallest absolute Gasteiger partial charge is 0.240 e. The average molecular weight is 309 g/mol. The Morgan fingerprint density at radius 3 is 2.43 bits per heavy atom. The second kappa shape index (κ2) is 6.69. The van der Waals surface area contributed by atoms with Gasteiger partial charge in [0.25, 0.3) is 0 Å². The topological polar surface area (TPSA) is 55.4 Å². The third kappa shape index (κ3) is 4.03. The first-order valence-electron chi connectivity index (χ1n) is 6.49. The van der Waals surface area contributed by atoms with Crippen molar-refractivity contribution in [1.29, 1.82) is 0 Å². The molecule has 0 fully saturated rings. The SMILES string of the molecule is CCOc1ccccc1CNS(=O)(=O)c1ccc(F)cc1.